The molecule has 2 N–H and O–H groups in total. The number of alkyl halides is 3. The zero-order valence-corrected chi connectivity index (χ0v) is 18.1. The lowest BCUT2D eigenvalue weighted by Gasteiger charge is -2.36. The first-order valence-electron chi connectivity index (χ1n) is 10.1. The van der Waals surface area contributed by atoms with Crippen LogP contribution in [0.2, 0.25) is 5.02 Å². The van der Waals surface area contributed by atoms with Crippen molar-refractivity contribution in [2.45, 2.75) is 6.18 Å². The zero-order chi connectivity index (χ0) is 23.4. The average Bonchev–Trinajstić information content (AvgIpc) is 2.81. The van der Waals surface area contributed by atoms with Crippen molar-refractivity contribution in [1.82, 2.24) is 9.97 Å². The van der Waals surface area contributed by atoms with E-state index in [1.54, 1.807) is 41.3 Å². The number of nitrogens with zero attached hydrogens (tertiary/aromatic N) is 4. The fourth-order valence-corrected chi connectivity index (χ4v) is 3.62. The maximum absolute atomic E-state index is 13.3. The Hall–Kier alpha value is -3.53. The fraction of sp³-hybridized carbons (Fsp3) is 0.227. The largest absolute Gasteiger partial charge is 0.419 e. The predicted molar refractivity (Wildman–Crippen MR) is 122 cm³/mol. The lowest BCUT2D eigenvalue weighted by atomic mass is 10.2. The molecule has 2 amide bonds. The van der Waals surface area contributed by atoms with Crippen molar-refractivity contribution in [2.75, 3.05) is 46.6 Å². The number of hydrogen-bond acceptors (Lipinski definition) is 5. The smallest absolute Gasteiger partial charge is 0.353 e. The van der Waals surface area contributed by atoms with Gasteiger partial charge in [-0.3, -0.25) is 0 Å². The van der Waals surface area contributed by atoms with E-state index in [0.717, 1.165) is 6.07 Å². The Morgan fingerprint density at radius 1 is 0.879 bits per heavy atom. The van der Waals surface area contributed by atoms with Crippen molar-refractivity contribution < 1.29 is 18.0 Å². The minimum atomic E-state index is -4.45. The number of benzene rings is 1. The van der Waals surface area contributed by atoms with Gasteiger partial charge in [0.1, 0.15) is 11.6 Å². The SMILES string of the molecule is O=C(Nc1ccc(Cl)cc1)Nc1ccc(N2CCN(c3ncccc3C(F)(F)F)CC2)nc1. The summed E-state index contributed by atoms with van der Waals surface area (Å²) in [6, 6.07) is 12.1. The predicted octanol–water partition coefficient (Wildman–Crippen LogP) is 5.12. The summed E-state index contributed by atoms with van der Waals surface area (Å²) in [5.41, 5.74) is 0.372. The van der Waals surface area contributed by atoms with Crippen LogP contribution in [0.1, 0.15) is 5.56 Å². The Labute approximate surface area is 193 Å². The van der Waals surface area contributed by atoms with E-state index in [2.05, 4.69) is 20.6 Å². The molecule has 1 aromatic carbocycles. The number of piperazine rings is 1. The number of aromatic nitrogens is 2. The molecular weight excluding hydrogens is 457 g/mol. The molecular formula is C22H20ClF3N6O. The summed E-state index contributed by atoms with van der Waals surface area (Å²) in [7, 11) is 0. The number of halogens is 4. The van der Waals surface area contributed by atoms with E-state index < -0.39 is 17.8 Å². The van der Waals surface area contributed by atoms with Gasteiger partial charge in [-0.05, 0) is 48.5 Å². The quantitative estimate of drug-likeness (QED) is 0.547. The van der Waals surface area contributed by atoms with Crippen LogP contribution in [0.25, 0.3) is 0 Å². The third kappa shape index (κ3) is 5.64. The molecule has 0 unspecified atom stereocenters. The molecule has 1 saturated heterocycles. The van der Waals surface area contributed by atoms with E-state index in [4.69, 9.17) is 11.6 Å². The molecule has 4 rings (SSSR count). The highest BCUT2D eigenvalue weighted by Gasteiger charge is 2.36. The molecule has 0 saturated carbocycles. The Balaban J connectivity index is 1.33. The highest BCUT2D eigenvalue weighted by molar-refractivity contribution is 6.30. The normalized spacial score (nSPS) is 14.2. The summed E-state index contributed by atoms with van der Waals surface area (Å²) < 4.78 is 39.9. The Morgan fingerprint density at radius 3 is 2.15 bits per heavy atom. The van der Waals surface area contributed by atoms with Crippen LogP contribution >= 0.6 is 11.6 Å². The lowest BCUT2D eigenvalue weighted by Crippen LogP contribution is -2.47. The van der Waals surface area contributed by atoms with Crippen LogP contribution in [0, 0.1) is 0 Å². The van der Waals surface area contributed by atoms with E-state index in [1.807, 2.05) is 4.90 Å². The van der Waals surface area contributed by atoms with Crippen molar-refractivity contribution in [2.24, 2.45) is 0 Å². The van der Waals surface area contributed by atoms with Gasteiger partial charge in [0.15, 0.2) is 0 Å². The first kappa shape index (κ1) is 22.7. The lowest BCUT2D eigenvalue weighted by molar-refractivity contribution is -0.137. The third-order valence-corrected chi connectivity index (χ3v) is 5.36. The Bertz CT molecular complexity index is 1100. The molecule has 0 spiro atoms. The molecule has 3 heterocycles. The van der Waals surface area contributed by atoms with Crippen molar-refractivity contribution in [3.8, 4) is 0 Å². The highest BCUT2D eigenvalue weighted by Crippen LogP contribution is 2.35. The molecule has 1 aliphatic rings. The van der Waals surface area contributed by atoms with Gasteiger partial charge in [-0.2, -0.15) is 13.2 Å². The standard InChI is InChI=1S/C22H20ClF3N6O/c23-15-3-5-16(6-4-15)29-21(33)30-17-7-8-19(28-14-17)31-10-12-32(13-11-31)20-18(22(24,25)26)2-1-9-27-20/h1-9,14H,10-13H2,(H2,29,30,33). The number of urea groups is 1. The number of hydrogen-bond donors (Lipinski definition) is 2. The molecule has 0 aliphatic carbocycles. The number of carbonyl (C=O) groups is 1. The molecule has 172 valence electrons. The van der Waals surface area contributed by atoms with Gasteiger partial charge < -0.3 is 20.4 Å². The van der Waals surface area contributed by atoms with Gasteiger partial charge in [-0.25, -0.2) is 14.8 Å². The molecule has 0 atom stereocenters. The first-order valence-corrected chi connectivity index (χ1v) is 10.5. The third-order valence-electron chi connectivity index (χ3n) is 5.10. The van der Waals surface area contributed by atoms with Crippen LogP contribution < -0.4 is 20.4 Å². The monoisotopic (exact) mass is 476 g/mol. The number of amides is 2. The maximum Gasteiger partial charge on any atom is 0.419 e. The van der Waals surface area contributed by atoms with Gasteiger partial charge in [0.2, 0.25) is 0 Å². The van der Waals surface area contributed by atoms with Gasteiger partial charge >= 0.3 is 12.2 Å². The van der Waals surface area contributed by atoms with Crippen LogP contribution in [-0.4, -0.2) is 42.2 Å². The van der Waals surface area contributed by atoms with E-state index in [0.29, 0.717) is 48.4 Å². The second-order valence-corrected chi connectivity index (χ2v) is 7.77. The van der Waals surface area contributed by atoms with Crippen LogP contribution in [-0.2, 0) is 6.18 Å². The van der Waals surface area contributed by atoms with Gasteiger partial charge in [0, 0.05) is 43.1 Å². The molecule has 0 bridgehead atoms. The molecule has 0 radical (unpaired) electrons. The van der Waals surface area contributed by atoms with Gasteiger partial charge in [0.05, 0.1) is 17.4 Å². The van der Waals surface area contributed by atoms with Crippen molar-refractivity contribution in [1.29, 1.82) is 0 Å². The molecule has 1 fully saturated rings. The van der Waals surface area contributed by atoms with Crippen LogP contribution in [0.5, 0.6) is 0 Å². The highest BCUT2D eigenvalue weighted by atomic mass is 35.5. The van der Waals surface area contributed by atoms with E-state index >= 15 is 0 Å². The first-order chi connectivity index (χ1) is 15.8. The van der Waals surface area contributed by atoms with Crippen LogP contribution in [0.15, 0.2) is 60.9 Å². The molecule has 33 heavy (non-hydrogen) atoms. The van der Waals surface area contributed by atoms with E-state index in [9.17, 15) is 18.0 Å². The summed E-state index contributed by atoms with van der Waals surface area (Å²) in [6.45, 7) is 1.74. The average molecular weight is 477 g/mol. The van der Waals surface area contributed by atoms with Crippen LogP contribution in [0.3, 0.4) is 0 Å². The Kier molecular flexibility index (Phi) is 6.55. The summed E-state index contributed by atoms with van der Waals surface area (Å²) >= 11 is 5.83. The summed E-state index contributed by atoms with van der Waals surface area (Å²) in [5.74, 6) is 0.624. The minimum absolute atomic E-state index is 0.0520. The van der Waals surface area contributed by atoms with Crippen molar-refractivity contribution >= 4 is 40.6 Å². The number of carbonyl (C=O) groups excluding carboxylic acids is 1. The Morgan fingerprint density at radius 2 is 1.52 bits per heavy atom. The molecule has 2 aromatic heterocycles. The van der Waals surface area contributed by atoms with Gasteiger partial charge in [-0.1, -0.05) is 11.6 Å². The number of anilines is 4. The molecule has 3 aromatic rings. The number of pyridine rings is 2. The second-order valence-electron chi connectivity index (χ2n) is 7.34. The number of nitrogens with one attached hydrogen (secondary N) is 2. The second kappa shape index (κ2) is 9.53. The maximum atomic E-state index is 13.3. The van der Waals surface area contributed by atoms with Crippen molar-refractivity contribution in [3.05, 3.63) is 71.5 Å². The fourth-order valence-electron chi connectivity index (χ4n) is 3.49. The summed E-state index contributed by atoms with van der Waals surface area (Å²) in [4.78, 5) is 24.1. The zero-order valence-electron chi connectivity index (χ0n) is 17.3. The van der Waals surface area contributed by atoms with E-state index in [-0.39, 0.29) is 5.82 Å². The molecule has 11 heteroatoms. The minimum Gasteiger partial charge on any atom is -0.353 e. The van der Waals surface area contributed by atoms with Crippen LogP contribution in [0.4, 0.5) is 41.0 Å². The number of rotatable bonds is 4. The topological polar surface area (TPSA) is 73.4 Å². The van der Waals surface area contributed by atoms with Gasteiger partial charge in [0.25, 0.3) is 0 Å². The summed E-state index contributed by atoms with van der Waals surface area (Å²) in [5, 5.41) is 5.96. The van der Waals surface area contributed by atoms with E-state index in [1.165, 1.54) is 18.5 Å². The summed E-state index contributed by atoms with van der Waals surface area (Å²) in [6.07, 6.45) is -1.55. The molecule has 1 aliphatic heterocycles. The van der Waals surface area contributed by atoms with Gasteiger partial charge in [-0.15, -0.1) is 0 Å². The van der Waals surface area contributed by atoms with Crippen molar-refractivity contribution in [3.63, 3.8) is 0 Å². The molecule has 7 nitrogen and oxygen atoms in total.